The summed E-state index contributed by atoms with van der Waals surface area (Å²) in [4.78, 5) is 4.28. The largest absolute Gasteiger partial charge is 0.393 e. The minimum atomic E-state index is 0.0231. The number of halogens is 1. The first-order chi connectivity index (χ1) is 14.3. The van der Waals surface area contributed by atoms with Gasteiger partial charge in [0.25, 0.3) is 0 Å². The second-order valence-electron chi connectivity index (χ2n) is 7.99. The average Bonchev–Trinajstić information content (AvgIpc) is 3.10. The van der Waals surface area contributed by atoms with Crippen LogP contribution >= 0.6 is 11.6 Å². The second kappa shape index (κ2) is 11.2. The monoisotopic (exact) mass is 425 g/mol. The summed E-state index contributed by atoms with van der Waals surface area (Å²) < 4.78 is 0. The van der Waals surface area contributed by atoms with Crippen molar-refractivity contribution < 1.29 is 5.11 Å². The Hall–Kier alpha value is -2.35. The van der Waals surface area contributed by atoms with Gasteiger partial charge in [0.2, 0.25) is 0 Å². The molecular formula is C25H32ClN3O. The minimum Gasteiger partial charge on any atom is -0.393 e. The topological polar surface area (TPSA) is 68.9 Å². The van der Waals surface area contributed by atoms with Crippen molar-refractivity contribution in [3.8, 4) is 6.07 Å². The molecule has 1 aromatic carbocycles. The fraction of sp³-hybridized carbons (Fsp3) is 0.440. The average molecular weight is 426 g/mol. The normalized spacial score (nSPS) is 18.4. The fourth-order valence-electron chi connectivity index (χ4n) is 3.82. The summed E-state index contributed by atoms with van der Waals surface area (Å²) in [5.41, 5.74) is 6.47. The molecule has 0 saturated heterocycles. The predicted molar refractivity (Wildman–Crippen MR) is 126 cm³/mol. The predicted octanol–water partition coefficient (Wildman–Crippen LogP) is 6.27. The number of allylic oxidation sites excluding steroid dienone is 1. The van der Waals surface area contributed by atoms with E-state index in [2.05, 4.69) is 43.2 Å². The highest BCUT2D eigenvalue weighted by Crippen LogP contribution is 2.35. The minimum absolute atomic E-state index is 0.0231. The van der Waals surface area contributed by atoms with Crippen LogP contribution in [0.5, 0.6) is 0 Å². The molecule has 1 aliphatic rings. The molecule has 1 aromatic heterocycles. The van der Waals surface area contributed by atoms with Crippen LogP contribution in [-0.2, 0) is 0 Å². The van der Waals surface area contributed by atoms with Crippen LogP contribution in [0.25, 0.3) is 5.57 Å². The molecule has 2 unspecified atom stereocenters. The Morgan fingerprint density at radius 3 is 2.50 bits per heavy atom. The zero-order valence-electron chi connectivity index (χ0n) is 18.6. The molecule has 0 aliphatic heterocycles. The van der Waals surface area contributed by atoms with Crippen molar-refractivity contribution in [2.45, 2.75) is 59.5 Å². The molecule has 3 rings (SSSR count). The van der Waals surface area contributed by atoms with Gasteiger partial charge in [0.1, 0.15) is 0 Å². The molecule has 0 spiro atoms. The van der Waals surface area contributed by atoms with Crippen LogP contribution in [0.1, 0.15) is 67.3 Å². The van der Waals surface area contributed by atoms with Crippen molar-refractivity contribution in [3.05, 3.63) is 63.4 Å². The van der Waals surface area contributed by atoms with E-state index < -0.39 is 0 Å². The summed E-state index contributed by atoms with van der Waals surface area (Å²) in [6.07, 6.45) is 9.78. The van der Waals surface area contributed by atoms with E-state index in [1.165, 1.54) is 6.42 Å². The first-order valence-corrected chi connectivity index (χ1v) is 10.9. The first kappa shape index (κ1) is 23.9. The Kier molecular flexibility index (Phi) is 8.89. The molecule has 160 valence electrons. The molecule has 1 aliphatic carbocycles. The highest BCUT2D eigenvalue weighted by atomic mass is 35.5. The Bertz CT molecular complexity index is 938. The second-order valence-corrected chi connectivity index (χ2v) is 8.37. The van der Waals surface area contributed by atoms with Crippen molar-refractivity contribution >= 4 is 22.9 Å². The van der Waals surface area contributed by atoms with Gasteiger partial charge in [-0.15, -0.1) is 0 Å². The van der Waals surface area contributed by atoms with Crippen molar-refractivity contribution in [2.24, 2.45) is 5.92 Å². The van der Waals surface area contributed by atoms with Gasteiger partial charge in [0.05, 0.1) is 34.6 Å². The van der Waals surface area contributed by atoms with Crippen molar-refractivity contribution in [1.82, 2.24) is 4.98 Å². The number of aliphatic hydroxyl groups excluding tert-OH is 1. The summed E-state index contributed by atoms with van der Waals surface area (Å²) in [5.74, 6) is 0.773. The summed E-state index contributed by atoms with van der Waals surface area (Å²) >= 11 is 6.54. The van der Waals surface area contributed by atoms with Gasteiger partial charge in [-0.25, -0.2) is 0 Å². The molecule has 30 heavy (non-hydrogen) atoms. The Labute approximate surface area is 185 Å². The molecule has 1 saturated carbocycles. The van der Waals surface area contributed by atoms with Crippen LogP contribution in [0.2, 0.25) is 5.02 Å². The lowest BCUT2D eigenvalue weighted by atomic mass is 9.91. The van der Waals surface area contributed by atoms with Gasteiger partial charge in [-0.3, -0.25) is 4.98 Å². The SMILES string of the molecule is CC/C=C(\c1cc(C#N)c(C)cc1C)c1cncc(NC)c1Cl.CC1CCC(O)C1. The maximum atomic E-state index is 9.33. The summed E-state index contributed by atoms with van der Waals surface area (Å²) in [5, 5.41) is 21.9. The number of hydrogen-bond acceptors (Lipinski definition) is 4. The summed E-state index contributed by atoms with van der Waals surface area (Å²) in [6.45, 7) is 8.28. The van der Waals surface area contributed by atoms with E-state index in [1.54, 1.807) is 12.4 Å². The molecule has 0 bridgehead atoms. The van der Waals surface area contributed by atoms with Gasteiger partial charge in [0, 0.05) is 18.8 Å². The number of nitriles is 1. The van der Waals surface area contributed by atoms with Crippen LogP contribution in [0.4, 0.5) is 5.69 Å². The van der Waals surface area contributed by atoms with Crippen molar-refractivity contribution in [2.75, 3.05) is 12.4 Å². The number of aliphatic hydroxyl groups is 1. The lowest BCUT2D eigenvalue weighted by molar-refractivity contribution is 0.179. The zero-order chi connectivity index (χ0) is 22.3. The molecule has 4 nitrogen and oxygen atoms in total. The van der Waals surface area contributed by atoms with E-state index in [0.717, 1.165) is 58.7 Å². The number of rotatable bonds is 4. The summed E-state index contributed by atoms with van der Waals surface area (Å²) in [7, 11) is 1.82. The smallest absolute Gasteiger partial charge is 0.0994 e. The number of aryl methyl sites for hydroxylation is 2. The molecule has 2 aromatic rings. The third-order valence-corrected chi connectivity index (χ3v) is 5.90. The highest BCUT2D eigenvalue weighted by Gasteiger charge is 2.18. The number of aromatic nitrogens is 1. The van der Waals surface area contributed by atoms with E-state index in [9.17, 15) is 5.26 Å². The Morgan fingerprint density at radius 1 is 1.27 bits per heavy atom. The maximum Gasteiger partial charge on any atom is 0.0994 e. The molecule has 0 radical (unpaired) electrons. The van der Waals surface area contributed by atoms with E-state index in [4.69, 9.17) is 16.7 Å². The van der Waals surface area contributed by atoms with E-state index in [1.807, 2.05) is 26.1 Å². The van der Waals surface area contributed by atoms with Crippen LogP contribution in [0, 0.1) is 31.1 Å². The quantitative estimate of drug-likeness (QED) is 0.605. The number of hydrogen-bond donors (Lipinski definition) is 2. The van der Waals surface area contributed by atoms with Gasteiger partial charge >= 0.3 is 0 Å². The number of benzene rings is 1. The molecular weight excluding hydrogens is 394 g/mol. The van der Waals surface area contributed by atoms with Gasteiger partial charge < -0.3 is 10.4 Å². The summed E-state index contributed by atoms with van der Waals surface area (Å²) in [6, 6.07) is 6.24. The van der Waals surface area contributed by atoms with Gasteiger partial charge in [0.15, 0.2) is 0 Å². The fourth-order valence-corrected chi connectivity index (χ4v) is 4.11. The third kappa shape index (κ3) is 5.84. The lowest BCUT2D eigenvalue weighted by Crippen LogP contribution is -1.99. The molecule has 5 heteroatoms. The first-order valence-electron chi connectivity index (χ1n) is 10.5. The van der Waals surface area contributed by atoms with Crippen LogP contribution in [0.3, 0.4) is 0 Å². The van der Waals surface area contributed by atoms with Gasteiger partial charge in [-0.2, -0.15) is 5.26 Å². The van der Waals surface area contributed by atoms with E-state index in [0.29, 0.717) is 10.6 Å². The maximum absolute atomic E-state index is 9.33. The molecule has 1 fully saturated rings. The van der Waals surface area contributed by atoms with E-state index >= 15 is 0 Å². The number of pyridine rings is 1. The lowest BCUT2D eigenvalue weighted by Gasteiger charge is -2.16. The Balaban J connectivity index is 0.000000386. The third-order valence-electron chi connectivity index (χ3n) is 5.50. The highest BCUT2D eigenvalue weighted by molar-refractivity contribution is 6.35. The van der Waals surface area contributed by atoms with Gasteiger partial charge in [-0.05, 0) is 73.8 Å². The molecule has 2 atom stereocenters. The van der Waals surface area contributed by atoms with Crippen molar-refractivity contribution in [1.29, 1.82) is 5.26 Å². The zero-order valence-corrected chi connectivity index (χ0v) is 19.3. The number of anilines is 1. The number of nitrogens with one attached hydrogen (secondary N) is 1. The Morgan fingerprint density at radius 2 is 2.00 bits per heavy atom. The van der Waals surface area contributed by atoms with Crippen molar-refractivity contribution in [3.63, 3.8) is 0 Å². The van der Waals surface area contributed by atoms with Crippen LogP contribution in [0.15, 0.2) is 30.6 Å². The van der Waals surface area contributed by atoms with Crippen LogP contribution < -0.4 is 5.32 Å². The van der Waals surface area contributed by atoms with E-state index in [-0.39, 0.29) is 6.10 Å². The molecule has 2 N–H and O–H groups in total. The standard InChI is InChI=1S/C19H20ClN3.C6H12O/c1-5-6-15(17-10-23-11-18(22-4)19(17)20)16-8-14(9-21)12(2)7-13(16)3;1-5-2-3-6(7)4-5/h6-8,10-11,22H,5H2,1-4H3;5-7H,2-4H2,1H3/b15-6+;. The van der Waals surface area contributed by atoms with Gasteiger partial charge in [-0.1, -0.05) is 37.6 Å². The number of nitrogens with zero attached hydrogens (tertiary/aromatic N) is 2. The molecule has 1 heterocycles. The molecule has 0 amide bonds. The van der Waals surface area contributed by atoms with Crippen LogP contribution in [-0.4, -0.2) is 23.2 Å².